The molecule has 2 atom stereocenters. The summed E-state index contributed by atoms with van der Waals surface area (Å²) in [7, 11) is 4.56. The third-order valence-electron chi connectivity index (χ3n) is 6.29. The zero-order valence-corrected chi connectivity index (χ0v) is 20.6. The van der Waals surface area contributed by atoms with Crippen LogP contribution in [-0.2, 0) is 14.3 Å². The molecule has 7 heteroatoms. The zero-order chi connectivity index (χ0) is 23.7. The van der Waals surface area contributed by atoms with Gasteiger partial charge in [0.15, 0.2) is 17.3 Å². The molecule has 0 unspecified atom stereocenters. The fraction of sp³-hybridized carbons (Fsp3) is 0.308. The number of hydrogen-bond acceptors (Lipinski definition) is 6. The smallest absolute Gasteiger partial charge is 0.336 e. The normalized spacial score (nSPS) is 20.2. The Morgan fingerprint density at radius 3 is 2.42 bits per heavy atom. The standard InChI is InChI=1S/C26H26BrNO5/c1-14-23(26(30)33-4)24(16-6-5-7-18(27)10-16)25-19(28-14)11-17(12-20(25)29)15-8-9-21(31-2)22(13-15)32-3/h5-10,13,17,24,28H,11-12H2,1-4H3/t17-,24+/m0/s1. The highest BCUT2D eigenvalue weighted by molar-refractivity contribution is 9.10. The highest BCUT2D eigenvalue weighted by Crippen LogP contribution is 2.46. The van der Waals surface area contributed by atoms with Crippen molar-refractivity contribution in [3.8, 4) is 11.5 Å². The molecule has 2 aliphatic rings. The Hall–Kier alpha value is -3.06. The van der Waals surface area contributed by atoms with Crippen LogP contribution in [0.25, 0.3) is 0 Å². The SMILES string of the molecule is COC(=O)C1=C(C)NC2=C(C(=O)C[C@@H](c3ccc(OC)c(OC)c3)C2)[C@@H]1c1cccc(Br)c1. The van der Waals surface area contributed by atoms with Crippen LogP contribution >= 0.6 is 15.9 Å². The molecule has 1 heterocycles. The van der Waals surface area contributed by atoms with Crippen molar-refractivity contribution >= 4 is 27.7 Å². The Kier molecular flexibility index (Phi) is 6.61. The molecule has 1 aliphatic carbocycles. The van der Waals surface area contributed by atoms with E-state index in [0.717, 1.165) is 21.3 Å². The number of Topliss-reactive ketones (excluding diaryl/α,β-unsaturated/α-hetero) is 1. The number of carbonyl (C=O) groups excluding carboxylic acids is 2. The molecule has 0 saturated heterocycles. The first-order valence-corrected chi connectivity index (χ1v) is 11.5. The van der Waals surface area contributed by atoms with Crippen molar-refractivity contribution < 1.29 is 23.8 Å². The predicted molar refractivity (Wildman–Crippen MR) is 128 cm³/mol. The maximum Gasteiger partial charge on any atom is 0.336 e. The molecule has 0 amide bonds. The summed E-state index contributed by atoms with van der Waals surface area (Å²) in [4.78, 5) is 26.3. The van der Waals surface area contributed by atoms with Gasteiger partial charge in [0.2, 0.25) is 0 Å². The maximum atomic E-state index is 13.6. The van der Waals surface area contributed by atoms with Gasteiger partial charge in [0, 0.05) is 33.8 Å². The molecule has 0 saturated carbocycles. The Morgan fingerprint density at radius 1 is 1.00 bits per heavy atom. The van der Waals surface area contributed by atoms with Crippen LogP contribution in [0, 0.1) is 0 Å². The van der Waals surface area contributed by atoms with Gasteiger partial charge in [-0.1, -0.05) is 34.1 Å². The van der Waals surface area contributed by atoms with Gasteiger partial charge in [-0.05, 0) is 54.7 Å². The first kappa shape index (κ1) is 23.1. The molecule has 0 bridgehead atoms. The quantitative estimate of drug-likeness (QED) is 0.569. The lowest BCUT2D eigenvalue weighted by molar-refractivity contribution is -0.136. The summed E-state index contributed by atoms with van der Waals surface area (Å²) in [6.45, 7) is 1.85. The van der Waals surface area contributed by atoms with E-state index in [1.807, 2.05) is 49.4 Å². The van der Waals surface area contributed by atoms with Crippen molar-refractivity contribution in [3.05, 3.63) is 80.6 Å². The van der Waals surface area contributed by atoms with Crippen molar-refractivity contribution in [1.29, 1.82) is 0 Å². The van der Waals surface area contributed by atoms with E-state index in [9.17, 15) is 9.59 Å². The molecule has 33 heavy (non-hydrogen) atoms. The lowest BCUT2D eigenvalue weighted by Crippen LogP contribution is -2.36. The van der Waals surface area contributed by atoms with Gasteiger partial charge < -0.3 is 19.5 Å². The van der Waals surface area contributed by atoms with Crippen LogP contribution in [0.1, 0.15) is 42.7 Å². The number of hydrogen-bond donors (Lipinski definition) is 1. The molecule has 2 aromatic rings. The molecular formula is C26H26BrNO5. The number of methoxy groups -OCH3 is 3. The lowest BCUT2D eigenvalue weighted by atomic mass is 9.71. The van der Waals surface area contributed by atoms with Gasteiger partial charge in [-0.2, -0.15) is 0 Å². The van der Waals surface area contributed by atoms with E-state index in [-0.39, 0.29) is 11.7 Å². The first-order chi connectivity index (χ1) is 15.9. The van der Waals surface area contributed by atoms with Gasteiger partial charge in [-0.3, -0.25) is 4.79 Å². The van der Waals surface area contributed by atoms with Crippen LogP contribution in [-0.4, -0.2) is 33.1 Å². The number of nitrogens with one attached hydrogen (secondary N) is 1. The number of ketones is 1. The minimum atomic E-state index is -0.481. The highest BCUT2D eigenvalue weighted by Gasteiger charge is 2.41. The summed E-state index contributed by atoms with van der Waals surface area (Å²) in [6, 6.07) is 13.5. The maximum absolute atomic E-state index is 13.6. The largest absolute Gasteiger partial charge is 0.493 e. The van der Waals surface area contributed by atoms with Crippen LogP contribution in [0.5, 0.6) is 11.5 Å². The van der Waals surface area contributed by atoms with Crippen LogP contribution in [0.15, 0.2) is 69.5 Å². The molecule has 172 valence electrons. The van der Waals surface area contributed by atoms with Gasteiger partial charge in [0.25, 0.3) is 0 Å². The first-order valence-electron chi connectivity index (χ1n) is 10.7. The van der Waals surface area contributed by atoms with Crippen molar-refractivity contribution in [2.24, 2.45) is 0 Å². The Bertz CT molecular complexity index is 1180. The van der Waals surface area contributed by atoms with Gasteiger partial charge in [0.1, 0.15) is 0 Å². The number of allylic oxidation sites excluding steroid dienone is 3. The Labute approximate surface area is 201 Å². The molecule has 0 radical (unpaired) electrons. The number of ether oxygens (including phenoxy) is 3. The van der Waals surface area contributed by atoms with Gasteiger partial charge >= 0.3 is 5.97 Å². The van der Waals surface area contributed by atoms with E-state index >= 15 is 0 Å². The van der Waals surface area contributed by atoms with E-state index in [1.165, 1.54) is 7.11 Å². The molecule has 0 spiro atoms. The highest BCUT2D eigenvalue weighted by atomic mass is 79.9. The molecule has 6 nitrogen and oxygen atoms in total. The van der Waals surface area contributed by atoms with Crippen molar-refractivity contribution in [2.75, 3.05) is 21.3 Å². The second-order valence-corrected chi connectivity index (χ2v) is 9.09. The van der Waals surface area contributed by atoms with E-state index in [4.69, 9.17) is 14.2 Å². The average molecular weight is 512 g/mol. The fourth-order valence-electron chi connectivity index (χ4n) is 4.78. The second-order valence-electron chi connectivity index (χ2n) is 8.18. The predicted octanol–water partition coefficient (Wildman–Crippen LogP) is 5.00. The minimum absolute atomic E-state index is 0.0146. The van der Waals surface area contributed by atoms with Crippen molar-refractivity contribution in [2.45, 2.75) is 31.6 Å². The third kappa shape index (κ3) is 4.29. The number of benzene rings is 2. The number of rotatable bonds is 5. The van der Waals surface area contributed by atoms with E-state index in [0.29, 0.717) is 41.2 Å². The molecule has 1 aliphatic heterocycles. The molecule has 2 aromatic carbocycles. The average Bonchev–Trinajstić information content (AvgIpc) is 2.82. The minimum Gasteiger partial charge on any atom is -0.493 e. The number of halogens is 1. The summed E-state index contributed by atoms with van der Waals surface area (Å²) >= 11 is 3.52. The van der Waals surface area contributed by atoms with Gasteiger partial charge in [0.05, 0.1) is 26.9 Å². The molecule has 4 rings (SSSR count). The summed E-state index contributed by atoms with van der Waals surface area (Å²) in [5.74, 6) is 0.364. The Balaban J connectivity index is 1.78. The fourth-order valence-corrected chi connectivity index (χ4v) is 5.20. The summed E-state index contributed by atoms with van der Waals surface area (Å²) in [5, 5.41) is 3.35. The monoisotopic (exact) mass is 511 g/mol. The topological polar surface area (TPSA) is 73.9 Å². The van der Waals surface area contributed by atoms with Crippen LogP contribution in [0.4, 0.5) is 0 Å². The van der Waals surface area contributed by atoms with Crippen LogP contribution in [0.3, 0.4) is 0 Å². The van der Waals surface area contributed by atoms with Crippen LogP contribution in [0.2, 0.25) is 0 Å². The third-order valence-corrected chi connectivity index (χ3v) is 6.79. The lowest BCUT2D eigenvalue weighted by Gasteiger charge is -2.36. The van der Waals surface area contributed by atoms with Crippen molar-refractivity contribution in [1.82, 2.24) is 5.32 Å². The number of carbonyl (C=O) groups is 2. The molecule has 0 fully saturated rings. The van der Waals surface area contributed by atoms with Crippen LogP contribution < -0.4 is 14.8 Å². The van der Waals surface area contributed by atoms with Gasteiger partial charge in [-0.25, -0.2) is 4.79 Å². The van der Waals surface area contributed by atoms with Crippen molar-refractivity contribution in [3.63, 3.8) is 0 Å². The number of dihydropyridines is 1. The zero-order valence-electron chi connectivity index (χ0n) is 19.0. The molecule has 0 aromatic heterocycles. The number of esters is 1. The summed E-state index contributed by atoms with van der Waals surface area (Å²) in [5.41, 5.74) is 4.53. The second kappa shape index (κ2) is 9.43. The molecular weight excluding hydrogens is 486 g/mol. The van der Waals surface area contributed by atoms with E-state index < -0.39 is 11.9 Å². The van der Waals surface area contributed by atoms with E-state index in [1.54, 1.807) is 14.2 Å². The Morgan fingerprint density at radius 2 is 1.76 bits per heavy atom. The van der Waals surface area contributed by atoms with Gasteiger partial charge in [-0.15, -0.1) is 0 Å². The molecule has 1 N–H and O–H groups in total. The van der Waals surface area contributed by atoms with E-state index in [2.05, 4.69) is 21.2 Å². The summed E-state index contributed by atoms with van der Waals surface area (Å²) in [6.07, 6.45) is 0.987. The summed E-state index contributed by atoms with van der Waals surface area (Å²) < 4.78 is 16.8.